The van der Waals surface area contributed by atoms with Crippen molar-refractivity contribution in [2.24, 2.45) is 0 Å². The number of aryl methyl sites for hydroxylation is 1. The number of hydrogen-bond donors (Lipinski definition) is 1. The number of nitrogens with zero attached hydrogens (tertiary/aromatic N) is 4. The number of carbonyl (C=O) groups is 1. The molecule has 2 aromatic carbocycles. The number of ether oxygens (including phenoxy) is 1. The van der Waals surface area contributed by atoms with Crippen LogP contribution in [0.25, 0.3) is 5.69 Å². The lowest BCUT2D eigenvalue weighted by molar-refractivity contribution is -0.113. The number of tetrazole rings is 1. The standard InChI is InChI=1S/C19H21N5O2S/c1-3-14-8-7-9-15(12-14)20-18(25)13-27-19-21-22-23-24(19)16-10-5-6-11-17(16)26-4-2/h5-12H,3-4,13H2,1-2H3,(H,20,25). The summed E-state index contributed by atoms with van der Waals surface area (Å²) >= 11 is 1.27. The van der Waals surface area contributed by atoms with Gasteiger partial charge in [0.1, 0.15) is 11.4 Å². The molecule has 0 aliphatic heterocycles. The molecule has 0 aliphatic rings. The molecule has 8 heteroatoms. The molecule has 140 valence electrons. The quantitative estimate of drug-likeness (QED) is 0.601. The molecule has 7 nitrogen and oxygen atoms in total. The van der Waals surface area contributed by atoms with E-state index in [1.54, 1.807) is 4.68 Å². The van der Waals surface area contributed by atoms with E-state index in [1.807, 2.05) is 55.5 Å². The van der Waals surface area contributed by atoms with Gasteiger partial charge in [0.2, 0.25) is 11.1 Å². The zero-order chi connectivity index (χ0) is 19.1. The first kappa shape index (κ1) is 18.9. The summed E-state index contributed by atoms with van der Waals surface area (Å²) in [5.74, 6) is 0.781. The van der Waals surface area contributed by atoms with Crippen LogP contribution in [0.3, 0.4) is 0 Å². The van der Waals surface area contributed by atoms with Crippen LogP contribution in [-0.2, 0) is 11.2 Å². The van der Waals surface area contributed by atoms with Gasteiger partial charge in [0.15, 0.2) is 0 Å². The summed E-state index contributed by atoms with van der Waals surface area (Å²) in [6, 6.07) is 15.4. The molecule has 0 atom stereocenters. The molecule has 3 rings (SSSR count). The van der Waals surface area contributed by atoms with Crippen molar-refractivity contribution in [2.75, 3.05) is 17.7 Å². The Labute approximate surface area is 162 Å². The van der Waals surface area contributed by atoms with Crippen molar-refractivity contribution in [1.82, 2.24) is 20.2 Å². The first-order valence-corrected chi connectivity index (χ1v) is 9.72. The average molecular weight is 383 g/mol. The molecule has 1 heterocycles. The summed E-state index contributed by atoms with van der Waals surface area (Å²) in [6.45, 7) is 4.54. The Hall–Kier alpha value is -2.87. The number of para-hydroxylation sites is 2. The van der Waals surface area contributed by atoms with E-state index >= 15 is 0 Å². The van der Waals surface area contributed by atoms with E-state index in [0.717, 1.165) is 17.8 Å². The number of carbonyl (C=O) groups excluding carboxylic acids is 1. The third kappa shape index (κ3) is 4.85. The van der Waals surface area contributed by atoms with Crippen LogP contribution in [0.4, 0.5) is 5.69 Å². The lowest BCUT2D eigenvalue weighted by atomic mass is 10.1. The fourth-order valence-corrected chi connectivity index (χ4v) is 3.21. The monoisotopic (exact) mass is 383 g/mol. The van der Waals surface area contributed by atoms with Gasteiger partial charge in [-0.1, -0.05) is 43.0 Å². The molecule has 0 saturated carbocycles. The summed E-state index contributed by atoms with van der Waals surface area (Å²) in [6.07, 6.45) is 0.923. The highest BCUT2D eigenvalue weighted by atomic mass is 32.2. The van der Waals surface area contributed by atoms with Gasteiger partial charge < -0.3 is 10.1 Å². The Kier molecular flexibility index (Phi) is 6.43. The maximum atomic E-state index is 12.3. The van der Waals surface area contributed by atoms with Crippen LogP contribution in [0.1, 0.15) is 19.4 Å². The smallest absolute Gasteiger partial charge is 0.234 e. The number of aromatic nitrogens is 4. The average Bonchev–Trinajstić information content (AvgIpc) is 3.15. The van der Waals surface area contributed by atoms with E-state index in [2.05, 4.69) is 27.8 Å². The Morgan fingerprint density at radius 1 is 1.19 bits per heavy atom. The van der Waals surface area contributed by atoms with Crippen LogP contribution in [0.2, 0.25) is 0 Å². The molecule has 0 saturated heterocycles. The zero-order valence-corrected chi connectivity index (χ0v) is 16.1. The molecule has 0 bridgehead atoms. The predicted molar refractivity (Wildman–Crippen MR) is 105 cm³/mol. The van der Waals surface area contributed by atoms with Crippen molar-refractivity contribution in [3.05, 3.63) is 54.1 Å². The number of hydrogen-bond acceptors (Lipinski definition) is 6. The second kappa shape index (κ2) is 9.18. The van der Waals surface area contributed by atoms with Crippen LogP contribution >= 0.6 is 11.8 Å². The summed E-state index contributed by atoms with van der Waals surface area (Å²) in [5, 5.41) is 15.2. The largest absolute Gasteiger partial charge is 0.492 e. The Morgan fingerprint density at radius 3 is 2.85 bits per heavy atom. The van der Waals surface area contributed by atoms with Crippen molar-refractivity contribution in [3.63, 3.8) is 0 Å². The number of thioether (sulfide) groups is 1. The summed E-state index contributed by atoms with van der Waals surface area (Å²) < 4.78 is 7.22. The van der Waals surface area contributed by atoms with Crippen LogP contribution in [0.5, 0.6) is 5.75 Å². The SMILES string of the molecule is CCOc1ccccc1-n1nnnc1SCC(=O)Nc1cccc(CC)c1. The number of nitrogens with one attached hydrogen (secondary N) is 1. The maximum absolute atomic E-state index is 12.3. The van der Waals surface area contributed by atoms with Gasteiger partial charge in [-0.2, -0.15) is 4.68 Å². The van der Waals surface area contributed by atoms with Gasteiger partial charge in [0.25, 0.3) is 0 Å². The zero-order valence-electron chi connectivity index (χ0n) is 15.3. The third-order valence-electron chi connectivity index (χ3n) is 3.79. The van der Waals surface area contributed by atoms with Crippen molar-refractivity contribution < 1.29 is 9.53 Å². The number of rotatable bonds is 8. The van der Waals surface area contributed by atoms with E-state index in [4.69, 9.17) is 4.74 Å². The van der Waals surface area contributed by atoms with Crippen LogP contribution in [0.15, 0.2) is 53.7 Å². The topological polar surface area (TPSA) is 81.9 Å². The summed E-state index contributed by atoms with van der Waals surface area (Å²) in [4.78, 5) is 12.3. The molecule has 1 amide bonds. The lowest BCUT2D eigenvalue weighted by Crippen LogP contribution is -2.14. The molecule has 0 aliphatic carbocycles. The Morgan fingerprint density at radius 2 is 2.04 bits per heavy atom. The molecule has 0 radical (unpaired) electrons. The molecule has 3 aromatic rings. The van der Waals surface area contributed by atoms with Gasteiger partial charge in [-0.25, -0.2) is 0 Å². The molecule has 1 aromatic heterocycles. The highest BCUT2D eigenvalue weighted by Gasteiger charge is 2.15. The highest BCUT2D eigenvalue weighted by Crippen LogP contribution is 2.26. The first-order chi connectivity index (χ1) is 13.2. The molecule has 0 fully saturated rings. The minimum atomic E-state index is -0.110. The minimum Gasteiger partial charge on any atom is -0.492 e. The summed E-state index contributed by atoms with van der Waals surface area (Å²) in [5.41, 5.74) is 2.71. The van der Waals surface area contributed by atoms with E-state index in [9.17, 15) is 4.79 Å². The van der Waals surface area contributed by atoms with Gasteiger partial charge in [-0.15, -0.1) is 5.10 Å². The van der Waals surface area contributed by atoms with Crippen LogP contribution < -0.4 is 10.1 Å². The first-order valence-electron chi connectivity index (χ1n) is 8.73. The Bertz CT molecular complexity index is 912. The van der Waals surface area contributed by atoms with E-state index in [0.29, 0.717) is 17.5 Å². The third-order valence-corrected chi connectivity index (χ3v) is 4.70. The molecular formula is C19H21N5O2S. The fourth-order valence-electron chi connectivity index (χ4n) is 2.53. The highest BCUT2D eigenvalue weighted by molar-refractivity contribution is 7.99. The number of anilines is 1. The van der Waals surface area contributed by atoms with Crippen LogP contribution in [0, 0.1) is 0 Å². The number of benzene rings is 2. The Balaban J connectivity index is 1.67. The molecule has 1 N–H and O–H groups in total. The normalized spacial score (nSPS) is 10.6. The van der Waals surface area contributed by atoms with Gasteiger partial charge in [-0.3, -0.25) is 4.79 Å². The maximum Gasteiger partial charge on any atom is 0.234 e. The second-order valence-corrected chi connectivity index (χ2v) is 6.61. The number of amides is 1. The predicted octanol–water partition coefficient (Wildman–Crippen LogP) is 3.35. The molecule has 0 unspecified atom stereocenters. The van der Waals surface area contributed by atoms with Gasteiger partial charge in [-0.05, 0) is 53.6 Å². The van der Waals surface area contributed by atoms with Crippen molar-refractivity contribution in [3.8, 4) is 11.4 Å². The lowest BCUT2D eigenvalue weighted by Gasteiger charge is -2.10. The van der Waals surface area contributed by atoms with Gasteiger partial charge in [0.05, 0.1) is 12.4 Å². The molecule has 27 heavy (non-hydrogen) atoms. The van der Waals surface area contributed by atoms with Gasteiger partial charge in [0, 0.05) is 5.69 Å². The summed E-state index contributed by atoms with van der Waals surface area (Å²) in [7, 11) is 0. The van der Waals surface area contributed by atoms with E-state index in [-0.39, 0.29) is 11.7 Å². The van der Waals surface area contributed by atoms with Crippen LogP contribution in [-0.4, -0.2) is 38.5 Å². The molecular weight excluding hydrogens is 362 g/mol. The minimum absolute atomic E-state index is 0.110. The van der Waals surface area contributed by atoms with Crippen molar-refractivity contribution in [2.45, 2.75) is 25.4 Å². The molecule has 0 spiro atoms. The van der Waals surface area contributed by atoms with Crippen molar-refractivity contribution >= 4 is 23.4 Å². The second-order valence-electron chi connectivity index (χ2n) is 5.66. The van der Waals surface area contributed by atoms with Gasteiger partial charge >= 0.3 is 0 Å². The van der Waals surface area contributed by atoms with Crippen molar-refractivity contribution in [1.29, 1.82) is 0 Å². The van der Waals surface area contributed by atoms with E-state index in [1.165, 1.54) is 17.3 Å². The van der Waals surface area contributed by atoms with E-state index < -0.39 is 0 Å². The fraction of sp³-hybridized carbons (Fsp3) is 0.263.